The van der Waals surface area contributed by atoms with E-state index in [0.29, 0.717) is 18.0 Å². The van der Waals surface area contributed by atoms with Crippen LogP contribution in [0.4, 0.5) is 0 Å². The van der Waals surface area contributed by atoms with Gasteiger partial charge in [0, 0.05) is 25.7 Å². The maximum Gasteiger partial charge on any atom is 0.252 e. The van der Waals surface area contributed by atoms with Crippen molar-refractivity contribution < 1.29 is 13.2 Å². The number of sulfonamides is 1. The van der Waals surface area contributed by atoms with Gasteiger partial charge in [0.1, 0.15) is 0 Å². The Morgan fingerprint density at radius 2 is 1.84 bits per heavy atom. The van der Waals surface area contributed by atoms with E-state index in [-0.39, 0.29) is 15.5 Å². The van der Waals surface area contributed by atoms with Crippen molar-refractivity contribution in [3.05, 3.63) is 63.6 Å². The summed E-state index contributed by atoms with van der Waals surface area (Å²) in [6, 6.07) is 11.4. The van der Waals surface area contributed by atoms with Gasteiger partial charge in [-0.2, -0.15) is 0 Å². The van der Waals surface area contributed by atoms with Crippen LogP contribution in [0.1, 0.15) is 15.9 Å². The van der Waals surface area contributed by atoms with Crippen molar-refractivity contribution in [1.29, 1.82) is 0 Å². The highest BCUT2D eigenvalue weighted by Crippen LogP contribution is 2.22. The monoisotopic (exact) mass is 400 g/mol. The van der Waals surface area contributed by atoms with Gasteiger partial charge in [0.05, 0.1) is 15.5 Å². The van der Waals surface area contributed by atoms with E-state index < -0.39 is 15.9 Å². The van der Waals surface area contributed by atoms with E-state index in [2.05, 4.69) is 5.32 Å². The molecule has 1 N–H and O–H groups in total. The quantitative estimate of drug-likeness (QED) is 0.809. The van der Waals surface area contributed by atoms with Crippen LogP contribution >= 0.6 is 23.2 Å². The fourth-order valence-corrected chi connectivity index (χ4v) is 3.50. The van der Waals surface area contributed by atoms with Gasteiger partial charge in [0.2, 0.25) is 10.0 Å². The molecule has 0 fully saturated rings. The van der Waals surface area contributed by atoms with Crippen molar-refractivity contribution in [2.75, 3.05) is 20.6 Å². The standard InChI is InChI=1S/C17H18Cl2N2O3S/c1-21(2)25(23,24)14-6-7-16(19)15(11-14)17(22)20-9-8-12-4-3-5-13(18)10-12/h3-7,10-11H,8-9H2,1-2H3,(H,20,22). The number of amides is 1. The minimum Gasteiger partial charge on any atom is -0.352 e. The third-order valence-corrected chi connectivity index (χ3v) is 5.93. The van der Waals surface area contributed by atoms with Crippen LogP contribution in [0.3, 0.4) is 0 Å². The first kappa shape index (κ1) is 19.7. The second-order valence-electron chi connectivity index (χ2n) is 5.56. The van der Waals surface area contributed by atoms with Crippen LogP contribution in [0.2, 0.25) is 10.0 Å². The Kier molecular flexibility index (Phi) is 6.46. The summed E-state index contributed by atoms with van der Waals surface area (Å²) in [6.45, 7) is 0.375. The van der Waals surface area contributed by atoms with Crippen molar-refractivity contribution in [3.8, 4) is 0 Å². The predicted molar refractivity (Wildman–Crippen MR) is 99.8 cm³/mol. The Labute approximate surface area is 157 Å². The van der Waals surface area contributed by atoms with Crippen LogP contribution in [0, 0.1) is 0 Å². The Balaban J connectivity index is 2.11. The van der Waals surface area contributed by atoms with E-state index in [4.69, 9.17) is 23.2 Å². The predicted octanol–water partition coefficient (Wildman–Crippen LogP) is 3.22. The number of carbonyl (C=O) groups excluding carboxylic acids is 1. The summed E-state index contributed by atoms with van der Waals surface area (Å²) in [6.07, 6.45) is 0.597. The number of nitrogens with zero attached hydrogens (tertiary/aromatic N) is 1. The summed E-state index contributed by atoms with van der Waals surface area (Å²) >= 11 is 12.0. The highest BCUT2D eigenvalue weighted by Gasteiger charge is 2.20. The van der Waals surface area contributed by atoms with Crippen LogP contribution < -0.4 is 5.32 Å². The van der Waals surface area contributed by atoms with Crippen LogP contribution in [-0.2, 0) is 16.4 Å². The molecule has 2 aromatic rings. The maximum atomic E-state index is 12.3. The van der Waals surface area contributed by atoms with E-state index in [1.165, 1.54) is 32.3 Å². The molecule has 0 atom stereocenters. The molecular weight excluding hydrogens is 383 g/mol. The number of halogens is 2. The number of hydrogen-bond donors (Lipinski definition) is 1. The van der Waals surface area contributed by atoms with E-state index in [1.807, 2.05) is 18.2 Å². The first-order valence-electron chi connectivity index (χ1n) is 7.46. The molecule has 0 bridgehead atoms. The lowest BCUT2D eigenvalue weighted by Crippen LogP contribution is -2.27. The van der Waals surface area contributed by atoms with E-state index in [0.717, 1.165) is 9.87 Å². The fraction of sp³-hybridized carbons (Fsp3) is 0.235. The highest BCUT2D eigenvalue weighted by molar-refractivity contribution is 7.89. The molecule has 2 rings (SSSR count). The lowest BCUT2D eigenvalue weighted by atomic mass is 10.1. The maximum absolute atomic E-state index is 12.3. The van der Waals surface area contributed by atoms with Crippen molar-refractivity contribution in [1.82, 2.24) is 9.62 Å². The van der Waals surface area contributed by atoms with Gasteiger partial charge >= 0.3 is 0 Å². The van der Waals surface area contributed by atoms with E-state index >= 15 is 0 Å². The number of hydrogen-bond acceptors (Lipinski definition) is 3. The topological polar surface area (TPSA) is 66.5 Å². The molecule has 0 aromatic heterocycles. The molecule has 0 aliphatic rings. The molecule has 25 heavy (non-hydrogen) atoms. The molecule has 5 nitrogen and oxygen atoms in total. The highest BCUT2D eigenvalue weighted by atomic mass is 35.5. The molecule has 8 heteroatoms. The number of carbonyl (C=O) groups is 1. The van der Waals surface area contributed by atoms with Gasteiger partial charge in [-0.15, -0.1) is 0 Å². The van der Waals surface area contributed by atoms with Gasteiger partial charge < -0.3 is 5.32 Å². The minimum absolute atomic E-state index is 0.0156. The van der Waals surface area contributed by atoms with Gasteiger partial charge in [-0.05, 0) is 42.3 Å². The van der Waals surface area contributed by atoms with Crippen molar-refractivity contribution >= 4 is 39.1 Å². The van der Waals surface area contributed by atoms with E-state index in [9.17, 15) is 13.2 Å². The van der Waals surface area contributed by atoms with Gasteiger partial charge in [-0.1, -0.05) is 35.3 Å². The van der Waals surface area contributed by atoms with Crippen LogP contribution in [0.15, 0.2) is 47.4 Å². The number of benzene rings is 2. The molecule has 1 amide bonds. The Morgan fingerprint density at radius 3 is 2.48 bits per heavy atom. The van der Waals surface area contributed by atoms with Crippen molar-refractivity contribution in [2.24, 2.45) is 0 Å². The summed E-state index contributed by atoms with van der Waals surface area (Å²) in [4.78, 5) is 12.4. The van der Waals surface area contributed by atoms with Gasteiger partial charge in [0.25, 0.3) is 5.91 Å². The molecule has 0 unspecified atom stereocenters. The normalized spacial score (nSPS) is 11.6. The number of rotatable bonds is 6. The van der Waals surface area contributed by atoms with Crippen molar-refractivity contribution in [2.45, 2.75) is 11.3 Å². The van der Waals surface area contributed by atoms with Gasteiger partial charge in [-0.25, -0.2) is 12.7 Å². The largest absolute Gasteiger partial charge is 0.352 e. The molecule has 0 aliphatic carbocycles. The lowest BCUT2D eigenvalue weighted by Gasteiger charge is -2.13. The molecule has 0 radical (unpaired) electrons. The Hall–Kier alpha value is -1.60. The fourth-order valence-electron chi connectivity index (χ4n) is 2.16. The minimum atomic E-state index is -3.64. The smallest absolute Gasteiger partial charge is 0.252 e. The number of nitrogens with one attached hydrogen (secondary N) is 1. The zero-order chi connectivity index (χ0) is 18.6. The van der Waals surface area contributed by atoms with Crippen LogP contribution in [0.25, 0.3) is 0 Å². The molecule has 2 aromatic carbocycles. The first-order valence-corrected chi connectivity index (χ1v) is 9.66. The summed E-state index contributed by atoms with van der Waals surface area (Å²) in [5.74, 6) is -0.428. The SMILES string of the molecule is CN(C)S(=O)(=O)c1ccc(Cl)c(C(=O)NCCc2cccc(Cl)c2)c1. The molecule has 0 saturated carbocycles. The first-order chi connectivity index (χ1) is 11.7. The zero-order valence-corrected chi connectivity index (χ0v) is 16.1. The van der Waals surface area contributed by atoms with Gasteiger partial charge in [0.15, 0.2) is 0 Å². The van der Waals surface area contributed by atoms with Gasteiger partial charge in [-0.3, -0.25) is 4.79 Å². The molecule has 0 spiro atoms. The van der Waals surface area contributed by atoms with Crippen LogP contribution in [0.5, 0.6) is 0 Å². The second kappa shape index (κ2) is 8.19. The molecule has 134 valence electrons. The average molecular weight is 401 g/mol. The second-order valence-corrected chi connectivity index (χ2v) is 8.56. The summed E-state index contributed by atoms with van der Waals surface area (Å²) in [5, 5.41) is 3.57. The third kappa shape index (κ3) is 4.95. The summed E-state index contributed by atoms with van der Waals surface area (Å²) in [5.41, 5.74) is 1.11. The summed E-state index contributed by atoms with van der Waals surface area (Å²) in [7, 11) is -0.787. The van der Waals surface area contributed by atoms with Crippen molar-refractivity contribution in [3.63, 3.8) is 0 Å². The Morgan fingerprint density at radius 1 is 1.12 bits per heavy atom. The average Bonchev–Trinajstić information content (AvgIpc) is 2.54. The third-order valence-electron chi connectivity index (χ3n) is 3.55. The Bertz CT molecular complexity index is 883. The molecule has 0 heterocycles. The van der Waals surface area contributed by atoms with E-state index in [1.54, 1.807) is 6.07 Å². The zero-order valence-electron chi connectivity index (χ0n) is 13.8. The molecule has 0 saturated heterocycles. The molecule has 0 aliphatic heterocycles. The molecular formula is C17H18Cl2N2O3S. The summed E-state index contributed by atoms with van der Waals surface area (Å²) < 4.78 is 25.5. The lowest BCUT2D eigenvalue weighted by molar-refractivity contribution is 0.0954. The van der Waals surface area contributed by atoms with Crippen LogP contribution in [-0.4, -0.2) is 39.3 Å².